The van der Waals surface area contributed by atoms with Crippen molar-refractivity contribution in [3.63, 3.8) is 0 Å². The van der Waals surface area contributed by atoms with Crippen LogP contribution in [0.4, 0.5) is 0 Å². The van der Waals surface area contributed by atoms with Gasteiger partial charge < -0.3 is 0 Å². The number of hydrogen-bond donors (Lipinski definition) is 0. The summed E-state index contributed by atoms with van der Waals surface area (Å²) in [5.41, 5.74) is 3.94. The van der Waals surface area contributed by atoms with E-state index in [-0.39, 0.29) is 5.78 Å². The minimum atomic E-state index is 0.0291. The van der Waals surface area contributed by atoms with Gasteiger partial charge in [0.25, 0.3) is 0 Å². The molecule has 0 amide bonds. The Balaban J connectivity index is 1.77. The summed E-state index contributed by atoms with van der Waals surface area (Å²) >= 11 is 15.5. The van der Waals surface area contributed by atoms with Crippen molar-refractivity contribution in [2.75, 3.05) is 0 Å². The van der Waals surface area contributed by atoms with Gasteiger partial charge in [0.15, 0.2) is 5.78 Å². The van der Waals surface area contributed by atoms with Crippen LogP contribution >= 0.6 is 39.1 Å². The van der Waals surface area contributed by atoms with Crippen molar-refractivity contribution in [2.24, 2.45) is 0 Å². The summed E-state index contributed by atoms with van der Waals surface area (Å²) in [5, 5.41) is 0.950. The highest BCUT2D eigenvalue weighted by atomic mass is 79.9. The largest absolute Gasteiger partial charge is 0.294 e. The van der Waals surface area contributed by atoms with E-state index in [1.165, 1.54) is 0 Å². The predicted octanol–water partition coefficient (Wildman–Crippen LogP) is 7.24. The average Bonchev–Trinajstić information content (AvgIpc) is 2.60. The van der Waals surface area contributed by atoms with Crippen LogP contribution in [0, 0.1) is 0 Å². The van der Waals surface area contributed by atoms with Gasteiger partial charge in [0.05, 0.1) is 0 Å². The summed E-state index contributed by atoms with van der Waals surface area (Å²) in [4.78, 5) is 12.5. The molecule has 4 heteroatoms. The normalized spacial score (nSPS) is 10.7. The number of ketones is 1. The Labute approximate surface area is 165 Å². The Hall–Kier alpha value is -1.61. The van der Waals surface area contributed by atoms with Gasteiger partial charge in [0, 0.05) is 26.5 Å². The third kappa shape index (κ3) is 4.72. The first kappa shape index (κ1) is 18.2. The topological polar surface area (TPSA) is 17.1 Å². The van der Waals surface area contributed by atoms with Gasteiger partial charge in [-0.3, -0.25) is 4.79 Å². The number of hydrogen-bond acceptors (Lipinski definition) is 1. The van der Waals surface area contributed by atoms with E-state index in [1.807, 2.05) is 24.3 Å². The molecule has 0 aliphatic rings. The molecule has 25 heavy (non-hydrogen) atoms. The first-order chi connectivity index (χ1) is 12.0. The summed E-state index contributed by atoms with van der Waals surface area (Å²) in [5.74, 6) is 0.0291. The lowest BCUT2D eigenvalue weighted by Crippen LogP contribution is -2.02. The number of Topliss-reactive ketones (excluding diaryl/α,β-unsaturated/α-hetero) is 1. The Kier molecular flexibility index (Phi) is 5.95. The lowest BCUT2D eigenvalue weighted by Gasteiger charge is -2.09. The van der Waals surface area contributed by atoms with Crippen LogP contribution in [0.3, 0.4) is 0 Å². The van der Waals surface area contributed by atoms with Gasteiger partial charge in [0.1, 0.15) is 0 Å². The van der Waals surface area contributed by atoms with E-state index in [9.17, 15) is 4.79 Å². The van der Waals surface area contributed by atoms with Crippen molar-refractivity contribution in [3.8, 4) is 11.1 Å². The highest BCUT2D eigenvalue weighted by Gasteiger charge is 2.11. The lowest BCUT2D eigenvalue weighted by atomic mass is 9.99. The highest BCUT2D eigenvalue weighted by Crippen LogP contribution is 2.27. The zero-order valence-electron chi connectivity index (χ0n) is 13.3. The predicted molar refractivity (Wildman–Crippen MR) is 109 cm³/mol. The minimum absolute atomic E-state index is 0.0291. The van der Waals surface area contributed by atoms with Crippen molar-refractivity contribution < 1.29 is 4.79 Å². The Morgan fingerprint density at radius 1 is 0.840 bits per heavy atom. The zero-order valence-corrected chi connectivity index (χ0v) is 16.4. The molecular weight excluding hydrogens is 419 g/mol. The molecule has 0 atom stereocenters. The van der Waals surface area contributed by atoms with Crippen molar-refractivity contribution >= 4 is 44.9 Å². The fraction of sp³-hybridized carbons (Fsp3) is 0.0952. The summed E-state index contributed by atoms with van der Waals surface area (Å²) in [6.07, 6.45) is 1.04. The molecule has 0 aliphatic carbocycles. The van der Waals surface area contributed by atoms with E-state index in [1.54, 1.807) is 18.2 Å². The lowest BCUT2D eigenvalue weighted by molar-refractivity contribution is 0.0983. The van der Waals surface area contributed by atoms with Gasteiger partial charge in [0.2, 0.25) is 0 Å². The first-order valence-corrected chi connectivity index (χ1v) is 9.41. The van der Waals surface area contributed by atoms with E-state index in [2.05, 4.69) is 40.2 Å². The average molecular weight is 434 g/mol. The van der Waals surface area contributed by atoms with E-state index in [0.717, 1.165) is 21.2 Å². The monoisotopic (exact) mass is 432 g/mol. The standard InChI is InChI=1S/C21H15BrCl2O/c22-20-8-6-15(14-4-2-1-3-5-14)10-16(20)7-9-21(25)17-11-18(23)13-19(24)12-17/h1-6,8,10-13H,7,9H2. The van der Waals surface area contributed by atoms with E-state index >= 15 is 0 Å². The van der Waals surface area contributed by atoms with Crippen molar-refractivity contribution in [1.82, 2.24) is 0 Å². The second-order valence-electron chi connectivity index (χ2n) is 5.75. The minimum Gasteiger partial charge on any atom is -0.294 e. The SMILES string of the molecule is O=C(CCc1cc(-c2ccccc2)ccc1Br)c1cc(Cl)cc(Cl)c1. The van der Waals surface area contributed by atoms with E-state index < -0.39 is 0 Å². The number of carbonyl (C=O) groups is 1. The molecule has 0 heterocycles. The summed E-state index contributed by atoms with van der Waals surface area (Å²) in [6.45, 7) is 0. The summed E-state index contributed by atoms with van der Waals surface area (Å²) in [7, 11) is 0. The number of carbonyl (C=O) groups excluding carboxylic acids is 1. The Bertz CT molecular complexity index is 887. The van der Waals surface area contributed by atoms with Gasteiger partial charge in [-0.15, -0.1) is 0 Å². The van der Waals surface area contributed by atoms with Crippen LogP contribution in [0.1, 0.15) is 22.3 Å². The van der Waals surface area contributed by atoms with Crippen molar-refractivity contribution in [2.45, 2.75) is 12.8 Å². The number of benzene rings is 3. The van der Waals surface area contributed by atoms with Crippen molar-refractivity contribution in [3.05, 3.63) is 92.4 Å². The maximum absolute atomic E-state index is 12.5. The summed E-state index contributed by atoms with van der Waals surface area (Å²) in [6, 6.07) is 21.3. The number of rotatable bonds is 5. The first-order valence-electron chi connectivity index (χ1n) is 7.86. The zero-order chi connectivity index (χ0) is 17.8. The van der Waals surface area contributed by atoms with Crippen molar-refractivity contribution in [1.29, 1.82) is 0 Å². The molecule has 3 aromatic carbocycles. The van der Waals surface area contributed by atoms with Crippen LogP contribution in [0.15, 0.2) is 71.2 Å². The molecule has 0 saturated heterocycles. The molecule has 0 fully saturated rings. The highest BCUT2D eigenvalue weighted by molar-refractivity contribution is 9.10. The van der Waals surface area contributed by atoms with Gasteiger partial charge in [-0.05, 0) is 47.4 Å². The second kappa shape index (κ2) is 8.18. The fourth-order valence-electron chi connectivity index (χ4n) is 2.68. The quantitative estimate of drug-likeness (QED) is 0.387. The van der Waals surface area contributed by atoms with E-state index in [0.29, 0.717) is 28.5 Å². The molecule has 3 aromatic rings. The van der Waals surface area contributed by atoms with E-state index in [4.69, 9.17) is 23.2 Å². The molecule has 0 saturated carbocycles. The number of halogens is 3. The van der Waals surface area contributed by atoms with Gasteiger partial charge >= 0.3 is 0 Å². The van der Waals surface area contributed by atoms with Crippen LogP contribution < -0.4 is 0 Å². The molecule has 0 unspecified atom stereocenters. The van der Waals surface area contributed by atoms with Gasteiger partial charge in [-0.1, -0.05) is 81.6 Å². The fourth-order valence-corrected chi connectivity index (χ4v) is 3.65. The van der Waals surface area contributed by atoms with Gasteiger partial charge in [-0.2, -0.15) is 0 Å². The Morgan fingerprint density at radius 2 is 1.52 bits per heavy atom. The molecule has 0 N–H and O–H groups in total. The molecule has 3 rings (SSSR count). The van der Waals surface area contributed by atoms with Crippen LogP contribution in [0.25, 0.3) is 11.1 Å². The van der Waals surface area contributed by atoms with Crippen LogP contribution in [0.2, 0.25) is 10.0 Å². The molecular formula is C21H15BrCl2O. The number of aryl methyl sites for hydroxylation is 1. The Morgan fingerprint density at radius 3 is 2.20 bits per heavy atom. The molecule has 126 valence electrons. The molecule has 0 radical (unpaired) electrons. The molecule has 0 aromatic heterocycles. The third-order valence-corrected chi connectivity index (χ3v) is 5.17. The smallest absolute Gasteiger partial charge is 0.163 e. The van der Waals surface area contributed by atoms with Crippen LogP contribution in [-0.4, -0.2) is 5.78 Å². The molecule has 0 aliphatic heterocycles. The molecule has 1 nitrogen and oxygen atoms in total. The maximum atomic E-state index is 12.5. The summed E-state index contributed by atoms with van der Waals surface area (Å²) < 4.78 is 1.00. The van der Waals surface area contributed by atoms with Crippen LogP contribution in [-0.2, 0) is 6.42 Å². The maximum Gasteiger partial charge on any atom is 0.163 e. The second-order valence-corrected chi connectivity index (χ2v) is 7.48. The molecule has 0 bridgehead atoms. The van der Waals surface area contributed by atoms with Crippen LogP contribution in [0.5, 0.6) is 0 Å². The molecule has 0 spiro atoms. The van der Waals surface area contributed by atoms with Gasteiger partial charge in [-0.25, -0.2) is 0 Å². The third-order valence-electron chi connectivity index (χ3n) is 3.96.